The van der Waals surface area contributed by atoms with Crippen LogP contribution in [0.2, 0.25) is 0 Å². The number of rotatable bonds is 3. The fourth-order valence-electron chi connectivity index (χ4n) is 1.51. The van der Waals surface area contributed by atoms with Crippen molar-refractivity contribution < 1.29 is 4.74 Å². The van der Waals surface area contributed by atoms with E-state index in [9.17, 15) is 0 Å². The van der Waals surface area contributed by atoms with E-state index < -0.39 is 0 Å². The second-order valence-corrected chi connectivity index (χ2v) is 3.30. The van der Waals surface area contributed by atoms with Gasteiger partial charge in [0.05, 0.1) is 6.10 Å². The molecule has 0 spiro atoms. The van der Waals surface area contributed by atoms with Crippen LogP contribution in [-0.2, 0) is 4.74 Å². The summed E-state index contributed by atoms with van der Waals surface area (Å²) in [6.07, 6.45) is 10.4. The molecule has 1 fully saturated rings. The lowest BCUT2D eigenvalue weighted by Crippen LogP contribution is -2.02. The van der Waals surface area contributed by atoms with Gasteiger partial charge in [-0.25, -0.2) is 0 Å². The fourth-order valence-corrected chi connectivity index (χ4v) is 1.51. The van der Waals surface area contributed by atoms with Crippen molar-refractivity contribution in [1.82, 2.24) is 0 Å². The van der Waals surface area contributed by atoms with Gasteiger partial charge < -0.3 is 4.74 Å². The molecule has 1 saturated carbocycles. The summed E-state index contributed by atoms with van der Waals surface area (Å²) < 4.78 is 5.63. The second-order valence-electron chi connectivity index (χ2n) is 3.30. The van der Waals surface area contributed by atoms with E-state index in [2.05, 4.69) is 6.92 Å². The van der Waals surface area contributed by atoms with Crippen LogP contribution in [-0.4, -0.2) is 6.61 Å². The second kappa shape index (κ2) is 5.59. The average Bonchev–Trinajstić information content (AvgIpc) is 2.28. The molecule has 0 aliphatic heterocycles. The number of hydrogen-bond acceptors (Lipinski definition) is 1. The molecule has 0 unspecified atom stereocenters. The molecular formula is C10H19O. The van der Waals surface area contributed by atoms with Crippen LogP contribution in [0.3, 0.4) is 0 Å². The van der Waals surface area contributed by atoms with Gasteiger partial charge in [-0.1, -0.05) is 32.6 Å². The molecule has 0 aromatic carbocycles. The zero-order chi connectivity index (χ0) is 7.94. The van der Waals surface area contributed by atoms with E-state index in [0.29, 0.717) is 0 Å². The van der Waals surface area contributed by atoms with Crippen molar-refractivity contribution in [1.29, 1.82) is 0 Å². The molecule has 0 aromatic heterocycles. The van der Waals surface area contributed by atoms with E-state index in [1.807, 2.05) is 0 Å². The van der Waals surface area contributed by atoms with E-state index in [0.717, 1.165) is 13.0 Å². The van der Waals surface area contributed by atoms with Gasteiger partial charge in [-0.3, -0.25) is 0 Å². The van der Waals surface area contributed by atoms with E-state index in [4.69, 9.17) is 4.74 Å². The first-order valence-corrected chi connectivity index (χ1v) is 4.91. The smallest absolute Gasteiger partial charge is 0.0970 e. The fraction of sp³-hybridized carbons (Fsp3) is 0.900. The Balaban J connectivity index is 2.09. The first-order chi connectivity index (χ1) is 5.43. The number of ether oxygens (including phenoxy) is 1. The summed E-state index contributed by atoms with van der Waals surface area (Å²) in [5, 5.41) is 0. The minimum atomic E-state index is 0.926. The van der Waals surface area contributed by atoms with E-state index in [1.165, 1.54) is 44.6 Å². The maximum Gasteiger partial charge on any atom is 0.0970 e. The summed E-state index contributed by atoms with van der Waals surface area (Å²) >= 11 is 0. The monoisotopic (exact) mass is 155 g/mol. The number of hydrogen-bond donors (Lipinski definition) is 0. The van der Waals surface area contributed by atoms with Crippen LogP contribution in [0.5, 0.6) is 0 Å². The standard InChI is InChI=1S/C10H19O/c1-2-9-11-10-7-5-3-4-6-8-10/h2-9H2,1H3. The molecule has 1 heteroatoms. The molecule has 0 N–H and O–H groups in total. The summed E-state index contributed by atoms with van der Waals surface area (Å²) in [6, 6.07) is 0. The molecule has 1 radical (unpaired) electrons. The topological polar surface area (TPSA) is 9.23 Å². The molecular weight excluding hydrogens is 136 g/mol. The Morgan fingerprint density at radius 3 is 2.27 bits per heavy atom. The Morgan fingerprint density at radius 2 is 1.73 bits per heavy atom. The largest absolute Gasteiger partial charge is 0.372 e. The maximum atomic E-state index is 5.63. The summed E-state index contributed by atoms with van der Waals surface area (Å²) in [4.78, 5) is 0. The van der Waals surface area contributed by atoms with Gasteiger partial charge >= 0.3 is 0 Å². The highest BCUT2D eigenvalue weighted by Crippen LogP contribution is 2.25. The lowest BCUT2D eigenvalue weighted by atomic mass is 10.1. The Labute approximate surface area is 70.1 Å². The lowest BCUT2D eigenvalue weighted by molar-refractivity contribution is 0.128. The molecule has 0 bridgehead atoms. The zero-order valence-electron chi connectivity index (χ0n) is 7.57. The van der Waals surface area contributed by atoms with Crippen LogP contribution in [0, 0.1) is 6.10 Å². The predicted molar refractivity (Wildman–Crippen MR) is 47.2 cm³/mol. The highest BCUT2D eigenvalue weighted by Gasteiger charge is 2.12. The Kier molecular flexibility index (Phi) is 4.60. The third kappa shape index (κ3) is 3.76. The van der Waals surface area contributed by atoms with Gasteiger partial charge in [0.25, 0.3) is 0 Å². The Morgan fingerprint density at radius 1 is 1.09 bits per heavy atom. The average molecular weight is 155 g/mol. The third-order valence-corrected chi connectivity index (χ3v) is 2.17. The maximum absolute atomic E-state index is 5.63. The molecule has 1 aliphatic rings. The van der Waals surface area contributed by atoms with Gasteiger partial charge in [0, 0.05) is 6.61 Å². The molecule has 0 aromatic rings. The summed E-state index contributed by atoms with van der Waals surface area (Å²) in [6.45, 7) is 3.09. The first-order valence-electron chi connectivity index (χ1n) is 4.91. The van der Waals surface area contributed by atoms with Crippen molar-refractivity contribution in [2.75, 3.05) is 6.61 Å². The van der Waals surface area contributed by atoms with Gasteiger partial charge in [-0.2, -0.15) is 0 Å². The van der Waals surface area contributed by atoms with Gasteiger partial charge in [0.15, 0.2) is 0 Å². The van der Waals surface area contributed by atoms with Gasteiger partial charge in [-0.05, 0) is 19.3 Å². The molecule has 0 atom stereocenters. The molecule has 1 nitrogen and oxygen atoms in total. The van der Waals surface area contributed by atoms with Crippen LogP contribution in [0.25, 0.3) is 0 Å². The van der Waals surface area contributed by atoms with Crippen LogP contribution < -0.4 is 0 Å². The van der Waals surface area contributed by atoms with Crippen LogP contribution in [0.15, 0.2) is 0 Å². The van der Waals surface area contributed by atoms with Crippen molar-refractivity contribution in [3.8, 4) is 0 Å². The minimum Gasteiger partial charge on any atom is -0.372 e. The molecule has 0 amide bonds. The van der Waals surface area contributed by atoms with Gasteiger partial charge in [-0.15, -0.1) is 0 Å². The van der Waals surface area contributed by atoms with Crippen molar-refractivity contribution in [3.63, 3.8) is 0 Å². The molecule has 0 heterocycles. The molecule has 65 valence electrons. The highest BCUT2D eigenvalue weighted by molar-refractivity contribution is 4.80. The van der Waals surface area contributed by atoms with Crippen molar-refractivity contribution >= 4 is 0 Å². The molecule has 1 aliphatic carbocycles. The van der Waals surface area contributed by atoms with E-state index in [-0.39, 0.29) is 0 Å². The molecule has 0 saturated heterocycles. The lowest BCUT2D eigenvalue weighted by Gasteiger charge is -2.12. The summed E-state index contributed by atoms with van der Waals surface area (Å²) in [5.41, 5.74) is 0. The molecule has 1 rings (SSSR count). The third-order valence-electron chi connectivity index (χ3n) is 2.17. The van der Waals surface area contributed by atoms with Crippen molar-refractivity contribution in [3.05, 3.63) is 6.10 Å². The van der Waals surface area contributed by atoms with Crippen molar-refractivity contribution in [2.24, 2.45) is 0 Å². The highest BCUT2D eigenvalue weighted by atomic mass is 16.5. The SMILES string of the molecule is CCCO[C]1CCCCCC1. The Hall–Kier alpha value is -0.0400. The normalized spacial score (nSPS) is 21.5. The van der Waals surface area contributed by atoms with Crippen molar-refractivity contribution in [2.45, 2.75) is 51.9 Å². The first kappa shape index (κ1) is 9.05. The van der Waals surface area contributed by atoms with Crippen LogP contribution in [0.4, 0.5) is 0 Å². The zero-order valence-corrected chi connectivity index (χ0v) is 7.57. The summed E-state index contributed by atoms with van der Waals surface area (Å²) in [5.74, 6) is 0. The predicted octanol–water partition coefficient (Wildman–Crippen LogP) is 3.30. The quantitative estimate of drug-likeness (QED) is 0.568. The van der Waals surface area contributed by atoms with Crippen LogP contribution >= 0.6 is 0 Å². The summed E-state index contributed by atoms with van der Waals surface area (Å²) in [7, 11) is 0. The van der Waals surface area contributed by atoms with Crippen LogP contribution in [0.1, 0.15) is 51.9 Å². The molecule has 11 heavy (non-hydrogen) atoms. The minimum absolute atomic E-state index is 0.926. The Bertz CT molecular complexity index is 82.9. The van der Waals surface area contributed by atoms with Gasteiger partial charge in [0.1, 0.15) is 0 Å². The van der Waals surface area contributed by atoms with E-state index in [1.54, 1.807) is 0 Å². The van der Waals surface area contributed by atoms with E-state index >= 15 is 0 Å². The van der Waals surface area contributed by atoms with Gasteiger partial charge in [0.2, 0.25) is 0 Å².